The van der Waals surface area contributed by atoms with Gasteiger partial charge in [0.1, 0.15) is 18.5 Å². The molecule has 9 nitrogen and oxygen atoms in total. The minimum atomic E-state index is -0.395. The zero-order valence-corrected chi connectivity index (χ0v) is 24.4. The topological polar surface area (TPSA) is 99.0 Å². The SMILES string of the molecule is CCN(CC[C@H](C)C(=O)N1C[C@@H](N(C)C(=O)OCC2(C)COC2)[C@H](c2ccc(Cl)cc2)C1)c1ccc(C#N)cn1. The van der Waals surface area contributed by atoms with Crippen molar-refractivity contribution in [3.8, 4) is 6.07 Å². The molecule has 3 heterocycles. The van der Waals surface area contributed by atoms with Gasteiger partial charge in [-0.15, -0.1) is 0 Å². The van der Waals surface area contributed by atoms with E-state index in [4.69, 9.17) is 26.3 Å². The first-order valence-corrected chi connectivity index (χ1v) is 14.1. The zero-order chi connectivity index (χ0) is 28.9. The van der Waals surface area contributed by atoms with Crippen molar-refractivity contribution >= 4 is 29.4 Å². The number of carbonyl (C=O) groups excluding carboxylic acids is 2. The molecule has 0 spiro atoms. The quantitative estimate of drug-likeness (QED) is 0.415. The molecule has 2 amide bonds. The molecule has 214 valence electrons. The van der Waals surface area contributed by atoms with Crippen LogP contribution in [-0.2, 0) is 14.3 Å². The van der Waals surface area contributed by atoms with Gasteiger partial charge < -0.3 is 24.2 Å². The Morgan fingerprint density at radius 3 is 2.55 bits per heavy atom. The maximum absolute atomic E-state index is 13.6. The Kier molecular flexibility index (Phi) is 9.54. The van der Waals surface area contributed by atoms with Crippen LogP contribution < -0.4 is 4.90 Å². The number of halogens is 1. The van der Waals surface area contributed by atoms with E-state index in [1.807, 2.05) is 56.0 Å². The lowest BCUT2D eigenvalue weighted by Crippen LogP contribution is -2.47. The zero-order valence-electron chi connectivity index (χ0n) is 23.7. The van der Waals surface area contributed by atoms with Crippen molar-refractivity contribution < 1.29 is 19.1 Å². The first-order valence-electron chi connectivity index (χ1n) is 13.8. The molecule has 1 aromatic heterocycles. The van der Waals surface area contributed by atoms with Crippen LogP contribution in [0.25, 0.3) is 0 Å². The molecule has 2 aliphatic rings. The van der Waals surface area contributed by atoms with E-state index in [1.54, 1.807) is 24.2 Å². The molecule has 2 fully saturated rings. The van der Waals surface area contributed by atoms with Gasteiger partial charge in [0.25, 0.3) is 0 Å². The highest BCUT2D eigenvalue weighted by Crippen LogP contribution is 2.33. The number of amides is 2. The van der Waals surface area contributed by atoms with E-state index in [9.17, 15) is 9.59 Å². The van der Waals surface area contributed by atoms with Crippen LogP contribution in [0, 0.1) is 22.7 Å². The number of likely N-dealkylation sites (tertiary alicyclic amines) is 1. The summed E-state index contributed by atoms with van der Waals surface area (Å²) in [6.45, 7) is 9.83. The molecule has 10 heteroatoms. The number of pyridine rings is 1. The second-order valence-corrected chi connectivity index (χ2v) is 11.7. The lowest BCUT2D eigenvalue weighted by Gasteiger charge is -2.38. The first-order chi connectivity index (χ1) is 19.1. The molecular formula is C30H38ClN5O4. The number of benzene rings is 1. The van der Waals surface area contributed by atoms with E-state index in [2.05, 4.69) is 16.0 Å². The van der Waals surface area contributed by atoms with Crippen LogP contribution in [0.5, 0.6) is 0 Å². The number of hydrogen-bond acceptors (Lipinski definition) is 7. The predicted octanol–water partition coefficient (Wildman–Crippen LogP) is 4.56. The molecule has 2 saturated heterocycles. The van der Waals surface area contributed by atoms with E-state index in [-0.39, 0.29) is 29.2 Å². The van der Waals surface area contributed by atoms with Crippen molar-refractivity contribution in [2.24, 2.45) is 11.3 Å². The van der Waals surface area contributed by atoms with Gasteiger partial charge in [-0.2, -0.15) is 5.26 Å². The van der Waals surface area contributed by atoms with Gasteiger partial charge in [0.05, 0.1) is 24.8 Å². The molecule has 1 aromatic carbocycles. The molecule has 40 heavy (non-hydrogen) atoms. The van der Waals surface area contributed by atoms with Crippen LogP contribution in [0.1, 0.15) is 44.2 Å². The average Bonchev–Trinajstić information content (AvgIpc) is 3.40. The Balaban J connectivity index is 1.42. The number of nitriles is 1. The Morgan fingerprint density at radius 2 is 1.98 bits per heavy atom. The number of rotatable bonds is 10. The number of carbonyl (C=O) groups is 2. The van der Waals surface area contributed by atoms with Crippen LogP contribution >= 0.6 is 11.6 Å². The molecule has 0 unspecified atom stereocenters. The van der Waals surface area contributed by atoms with Crippen LogP contribution in [0.2, 0.25) is 5.02 Å². The van der Waals surface area contributed by atoms with Crippen molar-refractivity contribution in [1.82, 2.24) is 14.8 Å². The summed E-state index contributed by atoms with van der Waals surface area (Å²) in [6, 6.07) is 13.1. The smallest absolute Gasteiger partial charge is 0.409 e. The Morgan fingerprint density at radius 1 is 1.25 bits per heavy atom. The first kappa shape index (κ1) is 29.6. The maximum atomic E-state index is 13.6. The van der Waals surface area contributed by atoms with Crippen molar-refractivity contribution in [3.63, 3.8) is 0 Å². The number of aromatic nitrogens is 1. The molecule has 0 bridgehead atoms. The summed E-state index contributed by atoms with van der Waals surface area (Å²) in [6.07, 6.45) is 1.82. The van der Waals surface area contributed by atoms with Gasteiger partial charge in [0, 0.05) is 61.7 Å². The van der Waals surface area contributed by atoms with Crippen molar-refractivity contribution in [2.75, 3.05) is 57.9 Å². The molecule has 4 rings (SSSR count). The number of nitrogens with zero attached hydrogens (tertiary/aromatic N) is 5. The summed E-state index contributed by atoms with van der Waals surface area (Å²) in [5, 5.41) is 9.68. The van der Waals surface area contributed by atoms with E-state index in [0.717, 1.165) is 17.9 Å². The van der Waals surface area contributed by atoms with Gasteiger partial charge >= 0.3 is 6.09 Å². The third-order valence-corrected chi connectivity index (χ3v) is 8.22. The van der Waals surface area contributed by atoms with Crippen molar-refractivity contribution in [1.29, 1.82) is 5.26 Å². The van der Waals surface area contributed by atoms with Gasteiger partial charge in [-0.05, 0) is 43.2 Å². The molecule has 0 saturated carbocycles. The molecule has 0 N–H and O–H groups in total. The van der Waals surface area contributed by atoms with Gasteiger partial charge in [-0.25, -0.2) is 9.78 Å². The van der Waals surface area contributed by atoms with Gasteiger partial charge in [-0.3, -0.25) is 4.79 Å². The van der Waals surface area contributed by atoms with Gasteiger partial charge in [0.2, 0.25) is 5.91 Å². The highest BCUT2D eigenvalue weighted by Gasteiger charge is 2.42. The Hall–Kier alpha value is -3.35. The summed E-state index contributed by atoms with van der Waals surface area (Å²) in [4.78, 5) is 36.7. The number of hydrogen-bond donors (Lipinski definition) is 0. The summed E-state index contributed by atoms with van der Waals surface area (Å²) in [5.74, 6) is 0.565. The third-order valence-electron chi connectivity index (χ3n) is 7.97. The maximum Gasteiger partial charge on any atom is 0.409 e. The Labute approximate surface area is 241 Å². The number of likely N-dealkylation sites (N-methyl/N-ethyl adjacent to an activating group) is 1. The predicted molar refractivity (Wildman–Crippen MR) is 153 cm³/mol. The van der Waals surface area contributed by atoms with E-state index in [1.165, 1.54) is 0 Å². The minimum absolute atomic E-state index is 0.0613. The second-order valence-electron chi connectivity index (χ2n) is 11.2. The standard InChI is InChI=1S/C30H38ClN5O4/c1-5-35(27-11-6-22(14-32)15-33-27)13-12-21(2)28(37)36-16-25(23-7-9-24(31)10-8-23)26(17-36)34(4)29(38)40-20-30(3)18-39-19-30/h6-11,15,21,25-26H,5,12-13,16-20H2,1-4H3/t21-,25-,26+/m0/s1. The summed E-state index contributed by atoms with van der Waals surface area (Å²) >= 11 is 6.14. The van der Waals surface area contributed by atoms with Crippen molar-refractivity contribution in [2.45, 2.75) is 39.2 Å². The lowest BCUT2D eigenvalue weighted by molar-refractivity contribution is -0.134. The second kappa shape index (κ2) is 12.9. The summed E-state index contributed by atoms with van der Waals surface area (Å²) in [7, 11) is 1.75. The summed E-state index contributed by atoms with van der Waals surface area (Å²) in [5.41, 5.74) is 1.40. The molecule has 3 atom stereocenters. The van der Waals surface area contributed by atoms with Crippen LogP contribution in [0.3, 0.4) is 0 Å². The lowest BCUT2D eigenvalue weighted by atomic mass is 9.90. The summed E-state index contributed by atoms with van der Waals surface area (Å²) < 4.78 is 10.9. The number of anilines is 1. The molecule has 0 radical (unpaired) electrons. The van der Waals surface area contributed by atoms with Crippen LogP contribution in [0.15, 0.2) is 42.6 Å². The Bertz CT molecular complexity index is 1210. The fraction of sp³-hybridized carbons (Fsp3) is 0.533. The third kappa shape index (κ3) is 6.86. The normalized spacial score (nSPS) is 20.2. The van der Waals surface area contributed by atoms with Crippen LogP contribution in [0.4, 0.5) is 10.6 Å². The fourth-order valence-corrected chi connectivity index (χ4v) is 5.39. The van der Waals surface area contributed by atoms with E-state index >= 15 is 0 Å². The molecular weight excluding hydrogens is 530 g/mol. The average molecular weight is 568 g/mol. The number of ether oxygens (including phenoxy) is 2. The van der Waals surface area contributed by atoms with Crippen LogP contribution in [-0.4, -0.2) is 85.9 Å². The monoisotopic (exact) mass is 567 g/mol. The van der Waals surface area contributed by atoms with Gasteiger partial charge in [0.15, 0.2) is 0 Å². The largest absolute Gasteiger partial charge is 0.449 e. The minimum Gasteiger partial charge on any atom is -0.449 e. The molecule has 0 aliphatic carbocycles. The molecule has 2 aromatic rings. The highest BCUT2D eigenvalue weighted by atomic mass is 35.5. The fourth-order valence-electron chi connectivity index (χ4n) is 5.26. The molecule has 2 aliphatic heterocycles. The van der Waals surface area contributed by atoms with E-state index < -0.39 is 6.09 Å². The van der Waals surface area contributed by atoms with Crippen molar-refractivity contribution in [3.05, 3.63) is 58.7 Å². The highest BCUT2D eigenvalue weighted by molar-refractivity contribution is 6.30. The van der Waals surface area contributed by atoms with Gasteiger partial charge in [-0.1, -0.05) is 37.6 Å². The van der Waals surface area contributed by atoms with E-state index in [0.29, 0.717) is 56.5 Å².